The summed E-state index contributed by atoms with van der Waals surface area (Å²) in [5.74, 6) is -0.0269. The van der Waals surface area contributed by atoms with Crippen molar-refractivity contribution in [1.29, 1.82) is 5.26 Å². The lowest BCUT2D eigenvalue weighted by molar-refractivity contribution is -0.130. The predicted molar refractivity (Wildman–Crippen MR) is 297 cm³/mol. The van der Waals surface area contributed by atoms with Gasteiger partial charge >= 0.3 is 6.01 Å². The van der Waals surface area contributed by atoms with E-state index in [1.165, 1.54) is 4.90 Å². The van der Waals surface area contributed by atoms with Crippen molar-refractivity contribution in [2.75, 3.05) is 73.0 Å². The molecule has 10 rings (SSSR count). The number of carbonyl (C=O) groups excluding carboxylic acids is 1. The number of piperazine rings is 1. The number of nitrogens with one attached hydrogen (secondary N) is 1. The number of amides is 1. The maximum absolute atomic E-state index is 17.8. The highest BCUT2D eigenvalue weighted by Crippen LogP contribution is 2.39. The Morgan fingerprint density at radius 1 is 0.987 bits per heavy atom. The third-order valence-corrected chi connectivity index (χ3v) is 15.6. The van der Waals surface area contributed by atoms with E-state index in [0.29, 0.717) is 60.4 Å². The first-order valence-corrected chi connectivity index (χ1v) is 26.9. The van der Waals surface area contributed by atoms with Crippen LogP contribution in [0.25, 0.3) is 33.1 Å². The molecular formula is C58H64ClF2N13O3. The molecule has 0 radical (unpaired) electrons. The fourth-order valence-electron chi connectivity index (χ4n) is 11.0. The molecule has 4 atom stereocenters. The van der Waals surface area contributed by atoms with Crippen molar-refractivity contribution in [1.82, 2.24) is 39.3 Å². The fraction of sp³-hybridized carbons (Fsp3) is 0.397. The van der Waals surface area contributed by atoms with E-state index in [1.807, 2.05) is 108 Å². The smallest absolute Gasteiger partial charge is 0.318 e. The SMILES string of the molecule is CC[C@H](CO)N(c1nc(NCc2ccc(-c3ccccn3)cc2)c2ccn(C(C)C)c2n1)C(F)/C(=C/F)C(=O)N1CCN(c2nc(OC[C@@H]3CCCN3C)nc3c2CCN(c2cccc4cccc(Cl)c24)C3)C[C@@H]1CC#N. The van der Waals surface area contributed by atoms with Crippen molar-refractivity contribution in [3.05, 3.63) is 131 Å². The first-order valence-electron chi connectivity index (χ1n) is 26.5. The Labute approximate surface area is 452 Å². The highest BCUT2D eigenvalue weighted by atomic mass is 35.5. The molecular weight excluding hydrogens is 1000 g/mol. The lowest BCUT2D eigenvalue weighted by Crippen LogP contribution is -2.57. The van der Waals surface area contributed by atoms with Gasteiger partial charge in [0.25, 0.3) is 5.91 Å². The number of likely N-dealkylation sites (N-methyl/N-ethyl adjacent to an activating group) is 1. The molecule has 0 spiro atoms. The molecule has 400 valence electrons. The standard InChI is InChI=1S/C58H64ClF2N13O3/c1-5-41(35-75)74(57-66-53(45-23-28-72(37(2)3)55(45)67-57)64-32-38-17-19-39(20-18-38)48-15-6-7-25-63-48)52(61)46(31-60)56(76)73-30-29-71(33-42(73)21-24-62)54-44-22-27-70(50-16-9-12-40-11-8-14-47(59)51(40)50)34-49(44)65-58(68-54)77-36-43-13-10-26-69(43)4/h6-9,11-12,14-20,23,25,28,31,37,41-43,52,75H,5,10,13,21-22,26-27,29-30,32-36H2,1-4H3,(H,64,66,67)/b46-31-/t41-,42+,43+,52?/m1/s1. The van der Waals surface area contributed by atoms with Crippen LogP contribution in [-0.4, -0.2) is 128 Å². The Kier molecular flexibility index (Phi) is 16.1. The average Bonchev–Trinajstić information content (AvgIpc) is 4.16. The number of aliphatic hydroxyl groups is 1. The quantitative estimate of drug-likeness (QED) is 0.0616. The van der Waals surface area contributed by atoms with Crippen LogP contribution in [-0.2, 0) is 24.3 Å². The molecule has 0 bridgehead atoms. The highest BCUT2D eigenvalue weighted by molar-refractivity contribution is 6.36. The van der Waals surface area contributed by atoms with Gasteiger partial charge < -0.3 is 44.2 Å². The first kappa shape index (κ1) is 53.0. The number of anilines is 4. The molecule has 19 heteroatoms. The zero-order chi connectivity index (χ0) is 53.7. The number of carbonyl (C=O) groups is 1. The number of hydrogen-bond acceptors (Lipinski definition) is 14. The molecule has 77 heavy (non-hydrogen) atoms. The fourth-order valence-corrected chi connectivity index (χ4v) is 11.3. The van der Waals surface area contributed by atoms with Crippen LogP contribution in [0, 0.1) is 11.3 Å². The number of nitriles is 1. The Morgan fingerprint density at radius 2 is 1.81 bits per heavy atom. The second-order valence-electron chi connectivity index (χ2n) is 20.3. The van der Waals surface area contributed by atoms with E-state index < -0.39 is 36.5 Å². The number of likely N-dealkylation sites (tertiary alicyclic amines) is 1. The number of aliphatic hydroxyl groups excluding tert-OH is 1. The van der Waals surface area contributed by atoms with Gasteiger partial charge in [0.2, 0.25) is 12.2 Å². The molecule has 3 aliphatic rings. The molecule has 7 heterocycles. The van der Waals surface area contributed by atoms with Gasteiger partial charge in [0.1, 0.15) is 30.2 Å². The lowest BCUT2D eigenvalue weighted by Gasteiger charge is -2.43. The van der Waals surface area contributed by atoms with Gasteiger partial charge in [-0.3, -0.25) is 9.78 Å². The van der Waals surface area contributed by atoms with Gasteiger partial charge in [-0.15, -0.1) is 0 Å². The van der Waals surface area contributed by atoms with Crippen molar-refractivity contribution >= 4 is 62.6 Å². The number of alkyl halides is 1. The Balaban J connectivity index is 0.928. The van der Waals surface area contributed by atoms with Crippen molar-refractivity contribution in [2.24, 2.45) is 0 Å². The summed E-state index contributed by atoms with van der Waals surface area (Å²) in [6.07, 6.45) is 3.93. The second kappa shape index (κ2) is 23.4. The van der Waals surface area contributed by atoms with E-state index in [2.05, 4.69) is 39.3 Å². The molecule has 0 saturated carbocycles. The average molecular weight is 1060 g/mol. The zero-order valence-electron chi connectivity index (χ0n) is 43.9. The Bertz CT molecular complexity index is 3290. The van der Waals surface area contributed by atoms with Crippen LogP contribution in [0.2, 0.25) is 5.02 Å². The van der Waals surface area contributed by atoms with Crippen LogP contribution in [0.3, 0.4) is 0 Å². The molecule has 4 aromatic heterocycles. The molecule has 16 nitrogen and oxygen atoms in total. The number of benzene rings is 3. The van der Waals surface area contributed by atoms with Gasteiger partial charge in [-0.1, -0.05) is 73.1 Å². The molecule has 2 fully saturated rings. The number of hydrogen-bond donors (Lipinski definition) is 2. The molecule has 3 aliphatic heterocycles. The van der Waals surface area contributed by atoms with Gasteiger partial charge in [0.15, 0.2) is 0 Å². The third-order valence-electron chi connectivity index (χ3n) is 15.3. The lowest BCUT2D eigenvalue weighted by atomic mass is 10.0. The summed E-state index contributed by atoms with van der Waals surface area (Å²) in [5.41, 5.74) is 5.16. The molecule has 2 N–H and O–H groups in total. The number of ether oxygens (including phenoxy) is 1. The van der Waals surface area contributed by atoms with Crippen molar-refractivity contribution in [3.8, 4) is 23.3 Å². The maximum atomic E-state index is 17.8. The molecule has 2 saturated heterocycles. The minimum absolute atomic E-state index is 0.00982. The van der Waals surface area contributed by atoms with E-state index >= 15 is 8.78 Å². The normalized spacial score (nSPS) is 17.9. The number of nitrogens with zero attached hydrogens (tertiary/aromatic N) is 12. The third kappa shape index (κ3) is 10.9. The first-order chi connectivity index (χ1) is 37.5. The van der Waals surface area contributed by atoms with Gasteiger partial charge in [-0.05, 0) is 94.4 Å². The van der Waals surface area contributed by atoms with Crippen LogP contribution in [0.1, 0.15) is 69.3 Å². The Hall–Kier alpha value is -7.46. The number of fused-ring (bicyclic) bond motifs is 3. The molecule has 7 aromatic rings. The summed E-state index contributed by atoms with van der Waals surface area (Å²) in [7, 11) is 2.09. The van der Waals surface area contributed by atoms with E-state index in [1.54, 1.807) is 13.1 Å². The molecule has 1 unspecified atom stereocenters. The minimum Gasteiger partial charge on any atom is -0.462 e. The molecule has 1 amide bonds. The van der Waals surface area contributed by atoms with Crippen molar-refractivity contribution in [3.63, 3.8) is 0 Å². The minimum atomic E-state index is -2.44. The number of aromatic nitrogens is 6. The number of pyridine rings is 1. The van der Waals surface area contributed by atoms with Crippen LogP contribution in [0.5, 0.6) is 6.01 Å². The van der Waals surface area contributed by atoms with Crippen LogP contribution < -0.4 is 24.8 Å². The summed E-state index contributed by atoms with van der Waals surface area (Å²) >= 11 is 6.82. The highest BCUT2D eigenvalue weighted by Gasteiger charge is 2.41. The topological polar surface area (TPSA) is 168 Å². The second-order valence-corrected chi connectivity index (χ2v) is 20.7. The predicted octanol–water partition coefficient (Wildman–Crippen LogP) is 9.68. The van der Waals surface area contributed by atoms with E-state index in [0.717, 1.165) is 68.8 Å². The van der Waals surface area contributed by atoms with Gasteiger partial charge in [0, 0.05) is 79.4 Å². The van der Waals surface area contributed by atoms with Crippen LogP contribution >= 0.6 is 11.6 Å². The van der Waals surface area contributed by atoms with Gasteiger partial charge in [0.05, 0.1) is 65.1 Å². The summed E-state index contributed by atoms with van der Waals surface area (Å²) in [6.45, 7) is 8.47. The zero-order valence-corrected chi connectivity index (χ0v) is 44.6. The molecule has 0 aliphatic carbocycles. The summed E-state index contributed by atoms with van der Waals surface area (Å²) < 4.78 is 41.7. The van der Waals surface area contributed by atoms with Crippen molar-refractivity contribution < 1.29 is 23.4 Å². The number of halogens is 3. The van der Waals surface area contributed by atoms with Crippen LogP contribution in [0.15, 0.2) is 109 Å². The number of rotatable bonds is 18. The largest absolute Gasteiger partial charge is 0.462 e. The van der Waals surface area contributed by atoms with E-state index in [-0.39, 0.29) is 62.8 Å². The van der Waals surface area contributed by atoms with E-state index in [4.69, 9.17) is 36.3 Å². The van der Waals surface area contributed by atoms with Crippen LogP contribution in [0.4, 0.5) is 32.1 Å². The summed E-state index contributed by atoms with van der Waals surface area (Å²) in [5, 5.41) is 27.8. The maximum Gasteiger partial charge on any atom is 0.318 e. The monoisotopic (exact) mass is 1060 g/mol. The van der Waals surface area contributed by atoms with Gasteiger partial charge in [-0.2, -0.15) is 25.2 Å². The summed E-state index contributed by atoms with van der Waals surface area (Å²) in [6, 6.07) is 28.5. The Morgan fingerprint density at radius 3 is 2.52 bits per heavy atom. The summed E-state index contributed by atoms with van der Waals surface area (Å²) in [4.78, 5) is 48.2. The van der Waals surface area contributed by atoms with Gasteiger partial charge in [-0.25, -0.2) is 8.78 Å². The van der Waals surface area contributed by atoms with Crippen molar-refractivity contribution in [2.45, 2.75) is 96.4 Å². The molecule has 3 aromatic carbocycles. The van der Waals surface area contributed by atoms with E-state index in [9.17, 15) is 15.2 Å².